The van der Waals surface area contributed by atoms with Crippen molar-refractivity contribution in [3.05, 3.63) is 51.2 Å². The highest BCUT2D eigenvalue weighted by molar-refractivity contribution is 7.71. The molecule has 0 aliphatic rings. The summed E-state index contributed by atoms with van der Waals surface area (Å²) < 4.78 is 11.8. The molecule has 0 bridgehead atoms. The standard InChI is InChI=1S/C11H7N5O4S/c17-16(18)9-4-3-7(20-9)6-12-15-10(13-14-11(15)21)8-2-1-5-19-8/h1-6H,(H,14,21)/b12-6+. The summed E-state index contributed by atoms with van der Waals surface area (Å²) in [5, 5.41) is 21.2. The van der Waals surface area contributed by atoms with Crippen LogP contribution in [0.3, 0.4) is 0 Å². The molecule has 9 nitrogen and oxygen atoms in total. The molecule has 10 heteroatoms. The van der Waals surface area contributed by atoms with Gasteiger partial charge >= 0.3 is 5.88 Å². The van der Waals surface area contributed by atoms with Gasteiger partial charge in [-0.1, -0.05) is 0 Å². The number of rotatable bonds is 4. The van der Waals surface area contributed by atoms with Gasteiger partial charge in [-0.25, -0.2) is 5.10 Å². The third-order valence-corrected chi connectivity index (χ3v) is 2.75. The van der Waals surface area contributed by atoms with E-state index >= 15 is 0 Å². The zero-order valence-electron chi connectivity index (χ0n) is 10.3. The third-order valence-electron chi connectivity index (χ3n) is 2.48. The molecule has 0 aliphatic heterocycles. The first kappa shape index (κ1) is 13.0. The molecule has 0 radical (unpaired) electrons. The molecule has 0 aromatic carbocycles. The molecule has 3 aromatic rings. The lowest BCUT2D eigenvalue weighted by molar-refractivity contribution is -0.402. The second kappa shape index (κ2) is 5.17. The Morgan fingerprint density at radius 3 is 3.00 bits per heavy atom. The van der Waals surface area contributed by atoms with E-state index in [1.54, 1.807) is 12.1 Å². The number of aromatic nitrogens is 3. The molecule has 1 N–H and O–H groups in total. The van der Waals surface area contributed by atoms with Crippen molar-refractivity contribution in [2.75, 3.05) is 0 Å². The van der Waals surface area contributed by atoms with E-state index in [1.165, 1.54) is 29.3 Å². The van der Waals surface area contributed by atoms with Crippen molar-refractivity contribution in [2.45, 2.75) is 0 Å². The molecule has 0 spiro atoms. The molecule has 0 amide bonds. The Balaban J connectivity index is 1.94. The molecular formula is C11H7N5O4S. The fraction of sp³-hybridized carbons (Fsp3) is 0. The third kappa shape index (κ3) is 2.51. The molecule has 3 rings (SSSR count). The van der Waals surface area contributed by atoms with Crippen LogP contribution in [0.5, 0.6) is 0 Å². The summed E-state index contributed by atoms with van der Waals surface area (Å²) >= 11 is 5.06. The number of nitrogens with zero attached hydrogens (tertiary/aromatic N) is 4. The van der Waals surface area contributed by atoms with E-state index in [0.717, 1.165) is 0 Å². The first-order valence-corrected chi connectivity index (χ1v) is 6.06. The van der Waals surface area contributed by atoms with E-state index in [0.29, 0.717) is 11.6 Å². The Hall–Kier alpha value is -3.01. The summed E-state index contributed by atoms with van der Waals surface area (Å²) in [5.41, 5.74) is 0. The van der Waals surface area contributed by atoms with Crippen LogP contribution in [0.2, 0.25) is 0 Å². The molecule has 0 atom stereocenters. The van der Waals surface area contributed by atoms with E-state index in [-0.39, 0.29) is 16.4 Å². The average molecular weight is 305 g/mol. The van der Waals surface area contributed by atoms with Gasteiger partial charge in [-0.3, -0.25) is 10.1 Å². The largest absolute Gasteiger partial charge is 0.461 e. The van der Waals surface area contributed by atoms with Crippen molar-refractivity contribution in [3.63, 3.8) is 0 Å². The molecule has 0 saturated heterocycles. The molecule has 0 saturated carbocycles. The van der Waals surface area contributed by atoms with E-state index in [9.17, 15) is 10.1 Å². The van der Waals surface area contributed by atoms with Gasteiger partial charge in [-0.05, 0) is 30.4 Å². The van der Waals surface area contributed by atoms with Crippen LogP contribution in [-0.2, 0) is 0 Å². The van der Waals surface area contributed by atoms with Crippen LogP contribution in [0.25, 0.3) is 11.6 Å². The molecule has 0 aliphatic carbocycles. The van der Waals surface area contributed by atoms with Crippen LogP contribution in [-0.4, -0.2) is 26.0 Å². The Morgan fingerprint density at radius 1 is 1.48 bits per heavy atom. The Labute approximate surface area is 121 Å². The van der Waals surface area contributed by atoms with E-state index < -0.39 is 4.92 Å². The highest BCUT2D eigenvalue weighted by Gasteiger charge is 2.12. The van der Waals surface area contributed by atoms with Gasteiger partial charge in [0.05, 0.1) is 18.5 Å². The second-order valence-corrected chi connectivity index (χ2v) is 4.21. The molecule has 0 fully saturated rings. The number of aromatic amines is 1. The Kier molecular flexibility index (Phi) is 3.20. The maximum atomic E-state index is 10.5. The summed E-state index contributed by atoms with van der Waals surface area (Å²) in [5.74, 6) is 0.709. The SMILES string of the molecule is O=[N+]([O-])c1ccc(/C=N/n2c(-c3ccco3)n[nH]c2=S)o1. The van der Waals surface area contributed by atoms with E-state index in [1.807, 2.05) is 0 Å². The molecular weight excluding hydrogens is 298 g/mol. The topological polar surface area (TPSA) is 115 Å². The van der Waals surface area contributed by atoms with Crippen LogP contribution in [0.15, 0.2) is 44.5 Å². The molecule has 3 aromatic heterocycles. The highest BCUT2D eigenvalue weighted by Crippen LogP contribution is 2.18. The van der Waals surface area contributed by atoms with Crippen molar-refractivity contribution in [1.29, 1.82) is 0 Å². The molecule has 3 heterocycles. The van der Waals surface area contributed by atoms with Crippen molar-refractivity contribution >= 4 is 24.3 Å². The maximum absolute atomic E-state index is 10.5. The minimum absolute atomic E-state index is 0.218. The summed E-state index contributed by atoms with van der Waals surface area (Å²) in [6, 6.07) is 6.08. The molecule has 21 heavy (non-hydrogen) atoms. The van der Waals surface area contributed by atoms with Gasteiger partial charge in [0.1, 0.15) is 4.92 Å². The maximum Gasteiger partial charge on any atom is 0.433 e. The first-order chi connectivity index (χ1) is 10.1. The fourth-order valence-electron chi connectivity index (χ4n) is 1.59. The van der Waals surface area contributed by atoms with Crippen molar-refractivity contribution in [2.24, 2.45) is 5.10 Å². The van der Waals surface area contributed by atoms with Crippen LogP contribution in [0.4, 0.5) is 5.88 Å². The van der Waals surface area contributed by atoms with Gasteiger partial charge in [0.15, 0.2) is 11.5 Å². The predicted octanol–water partition coefficient (Wildman–Crippen LogP) is 2.58. The second-order valence-electron chi connectivity index (χ2n) is 3.82. The lowest BCUT2D eigenvalue weighted by Crippen LogP contribution is -1.93. The zero-order valence-corrected chi connectivity index (χ0v) is 11.1. The number of hydrogen-bond donors (Lipinski definition) is 1. The summed E-state index contributed by atoms with van der Waals surface area (Å²) in [6.45, 7) is 0. The van der Waals surface area contributed by atoms with Crippen molar-refractivity contribution in [3.8, 4) is 11.6 Å². The summed E-state index contributed by atoms with van der Waals surface area (Å²) in [7, 11) is 0. The van der Waals surface area contributed by atoms with Crippen LogP contribution >= 0.6 is 12.2 Å². The summed E-state index contributed by atoms with van der Waals surface area (Å²) in [4.78, 5) is 9.90. The number of hydrogen-bond acceptors (Lipinski definition) is 7. The minimum Gasteiger partial charge on any atom is -0.461 e. The van der Waals surface area contributed by atoms with E-state index in [4.69, 9.17) is 21.1 Å². The van der Waals surface area contributed by atoms with Gasteiger partial charge in [-0.15, -0.1) is 5.10 Å². The van der Waals surface area contributed by atoms with Gasteiger partial charge in [0, 0.05) is 0 Å². The van der Waals surface area contributed by atoms with Crippen LogP contribution in [0, 0.1) is 14.9 Å². The van der Waals surface area contributed by atoms with Gasteiger partial charge in [0.25, 0.3) is 0 Å². The van der Waals surface area contributed by atoms with E-state index in [2.05, 4.69) is 15.3 Å². The lowest BCUT2D eigenvalue weighted by atomic mass is 10.4. The number of H-pyrrole nitrogens is 1. The minimum atomic E-state index is -0.630. The number of nitrogens with one attached hydrogen (secondary N) is 1. The van der Waals surface area contributed by atoms with Crippen molar-refractivity contribution < 1.29 is 13.8 Å². The smallest absolute Gasteiger partial charge is 0.433 e. The van der Waals surface area contributed by atoms with Crippen LogP contribution < -0.4 is 0 Å². The molecule has 0 unspecified atom stereocenters. The van der Waals surface area contributed by atoms with Crippen molar-refractivity contribution in [1.82, 2.24) is 14.9 Å². The Bertz CT molecular complexity index is 857. The number of furan rings is 2. The lowest BCUT2D eigenvalue weighted by Gasteiger charge is -1.95. The monoisotopic (exact) mass is 305 g/mol. The predicted molar refractivity (Wildman–Crippen MR) is 73.5 cm³/mol. The van der Waals surface area contributed by atoms with Crippen LogP contribution in [0.1, 0.15) is 5.76 Å². The fourth-order valence-corrected chi connectivity index (χ4v) is 1.77. The Morgan fingerprint density at radius 2 is 2.33 bits per heavy atom. The average Bonchev–Trinajstić information content (AvgIpc) is 3.17. The van der Waals surface area contributed by atoms with Gasteiger partial charge in [0.2, 0.25) is 10.6 Å². The summed E-state index contributed by atoms with van der Waals surface area (Å²) in [6.07, 6.45) is 2.79. The zero-order chi connectivity index (χ0) is 14.8. The molecule has 106 valence electrons. The van der Waals surface area contributed by atoms with Gasteiger partial charge in [-0.2, -0.15) is 9.78 Å². The first-order valence-electron chi connectivity index (χ1n) is 5.65. The number of nitro groups is 1. The normalized spacial score (nSPS) is 11.2. The quantitative estimate of drug-likeness (QED) is 0.343. The highest BCUT2D eigenvalue weighted by atomic mass is 32.1. The van der Waals surface area contributed by atoms with Gasteiger partial charge < -0.3 is 8.83 Å².